The van der Waals surface area contributed by atoms with Crippen LogP contribution in [0.2, 0.25) is 0 Å². The van der Waals surface area contributed by atoms with Gasteiger partial charge in [-0.25, -0.2) is 23.4 Å². The number of halogens is 5. The minimum Gasteiger partial charge on any atom is -0.465 e. The van der Waals surface area contributed by atoms with Gasteiger partial charge in [-0.05, 0) is 25.1 Å². The number of H-pyrrole nitrogens is 1. The number of hydrogen-bond acceptors (Lipinski definition) is 4. The molecule has 14 heteroatoms. The number of aliphatic imine (C=N–C) groups is 1. The molecule has 184 valence electrons. The molecule has 0 radical (unpaired) electrons. The molecule has 2 amide bonds. The fourth-order valence-corrected chi connectivity index (χ4v) is 4.02. The number of rotatable bonds is 2. The normalized spacial score (nSPS) is 18.7. The largest absolute Gasteiger partial charge is 0.465 e. The van der Waals surface area contributed by atoms with E-state index in [2.05, 4.69) is 9.98 Å². The Balaban J connectivity index is 1.99. The van der Waals surface area contributed by atoms with Gasteiger partial charge >= 0.3 is 18.0 Å². The second kappa shape index (κ2) is 7.92. The highest BCUT2D eigenvalue weighted by Crippen LogP contribution is 2.39. The number of carbonyl (C=O) groups is 2. The molecule has 0 saturated heterocycles. The Labute approximate surface area is 192 Å². The van der Waals surface area contributed by atoms with Crippen LogP contribution >= 0.6 is 0 Å². The summed E-state index contributed by atoms with van der Waals surface area (Å²) in [6.07, 6.45) is -7.16. The first-order valence-electron chi connectivity index (χ1n) is 9.91. The first-order chi connectivity index (χ1) is 16.2. The summed E-state index contributed by atoms with van der Waals surface area (Å²) >= 11 is 0. The molecule has 0 saturated carbocycles. The van der Waals surface area contributed by atoms with Crippen LogP contribution in [0.1, 0.15) is 24.5 Å². The second-order valence-corrected chi connectivity index (χ2v) is 7.99. The smallest absolute Gasteiger partial charge is 0.421 e. The van der Waals surface area contributed by atoms with Crippen molar-refractivity contribution < 1.29 is 36.6 Å². The van der Waals surface area contributed by atoms with Crippen molar-refractivity contribution in [1.29, 1.82) is 0 Å². The van der Waals surface area contributed by atoms with Gasteiger partial charge in [0, 0.05) is 12.6 Å². The molecule has 0 aliphatic carbocycles. The van der Waals surface area contributed by atoms with Gasteiger partial charge in [-0.2, -0.15) is 13.2 Å². The van der Waals surface area contributed by atoms with Gasteiger partial charge in [-0.1, -0.05) is 12.1 Å². The third-order valence-corrected chi connectivity index (χ3v) is 5.64. The van der Waals surface area contributed by atoms with Crippen LogP contribution in [-0.4, -0.2) is 44.6 Å². The minimum atomic E-state index is -5.21. The summed E-state index contributed by atoms with van der Waals surface area (Å²) in [5.74, 6) is -3.88. The molecule has 2 aromatic carbocycles. The molecule has 1 aliphatic heterocycles. The molecule has 9 nitrogen and oxygen atoms in total. The molecular weight excluding hydrogens is 481 g/mol. The maximum atomic E-state index is 15.8. The van der Waals surface area contributed by atoms with Gasteiger partial charge in [0.05, 0.1) is 28.7 Å². The number of guanidine groups is 1. The van der Waals surface area contributed by atoms with Crippen LogP contribution in [0.15, 0.2) is 40.1 Å². The zero-order valence-electron chi connectivity index (χ0n) is 18.0. The zero-order chi connectivity index (χ0) is 25.9. The van der Waals surface area contributed by atoms with Crippen LogP contribution < -0.4 is 11.0 Å². The predicted octanol–water partition coefficient (Wildman–Crippen LogP) is 3.32. The number of imidazole rings is 1. The molecule has 2 heterocycles. The minimum absolute atomic E-state index is 0.299. The number of fused-ring (bicyclic) bond motifs is 1. The van der Waals surface area contributed by atoms with Gasteiger partial charge in [0.25, 0.3) is 0 Å². The van der Waals surface area contributed by atoms with E-state index in [0.717, 1.165) is 17.0 Å². The van der Waals surface area contributed by atoms with Crippen LogP contribution in [0, 0.1) is 11.6 Å². The summed E-state index contributed by atoms with van der Waals surface area (Å²) in [5, 5.41) is 10.9. The number of carboxylic acid groups (broad SMARTS) is 1. The summed E-state index contributed by atoms with van der Waals surface area (Å²) < 4.78 is 71.4. The summed E-state index contributed by atoms with van der Waals surface area (Å²) in [6.45, 7) is 1.32. The number of aromatic amines is 1. The van der Waals surface area contributed by atoms with E-state index in [9.17, 15) is 31.9 Å². The highest BCUT2D eigenvalue weighted by molar-refractivity contribution is 6.04. The molecule has 0 bridgehead atoms. The summed E-state index contributed by atoms with van der Waals surface area (Å²) in [6, 6.07) is 4.89. The Bertz CT molecular complexity index is 1480. The molecule has 1 atom stereocenters. The third-order valence-electron chi connectivity index (χ3n) is 5.64. The lowest BCUT2D eigenvalue weighted by Gasteiger charge is -2.35. The van der Waals surface area contributed by atoms with Crippen molar-refractivity contribution in [1.82, 2.24) is 19.8 Å². The Morgan fingerprint density at radius 3 is 2.51 bits per heavy atom. The molecule has 0 spiro atoms. The summed E-state index contributed by atoms with van der Waals surface area (Å²) in [7, 11) is 1.25. The quantitative estimate of drug-likeness (QED) is 0.471. The first kappa shape index (κ1) is 23.9. The van der Waals surface area contributed by atoms with Crippen LogP contribution in [0.4, 0.5) is 26.7 Å². The molecule has 4 rings (SSSR count). The van der Waals surface area contributed by atoms with Crippen molar-refractivity contribution in [2.24, 2.45) is 4.99 Å². The SMILES string of the molecule is CN1C(=O)C[C@@](C)(c2cccc(-n3c(=O)[nH]c4ccc(F)c(C(F)(F)F)c43)c2F)N=C1NC(=O)O. The maximum absolute atomic E-state index is 15.8. The number of amides is 2. The van der Waals surface area contributed by atoms with Crippen molar-refractivity contribution >= 4 is 29.0 Å². The van der Waals surface area contributed by atoms with Crippen LogP contribution in [0.25, 0.3) is 16.7 Å². The van der Waals surface area contributed by atoms with Crippen LogP contribution in [0.3, 0.4) is 0 Å². The average Bonchev–Trinajstić information content (AvgIpc) is 3.06. The van der Waals surface area contributed by atoms with Gasteiger partial charge in [-0.15, -0.1) is 0 Å². The van der Waals surface area contributed by atoms with Crippen molar-refractivity contribution in [3.63, 3.8) is 0 Å². The Morgan fingerprint density at radius 1 is 1.20 bits per heavy atom. The van der Waals surface area contributed by atoms with E-state index in [1.807, 2.05) is 5.32 Å². The lowest BCUT2D eigenvalue weighted by Crippen LogP contribution is -2.51. The zero-order valence-corrected chi connectivity index (χ0v) is 18.0. The summed E-state index contributed by atoms with van der Waals surface area (Å²) in [5.41, 5.74) is -6.84. The van der Waals surface area contributed by atoms with Crippen molar-refractivity contribution in [2.75, 3.05) is 7.05 Å². The van der Waals surface area contributed by atoms with E-state index < -0.39 is 70.2 Å². The number of nitrogens with one attached hydrogen (secondary N) is 2. The number of alkyl halides is 3. The standard InChI is InChI=1S/C21H16F5N5O4/c1-20(8-13(32)30(2)17(29-20)28-19(34)35)9-4-3-5-12(15(9)23)31-16-11(27-18(31)33)7-6-10(22)14(16)21(24,25)26/h3-7H,8H2,1-2H3,(H,27,33)(H,28,29)(H,34,35)/t20-/m0/s1. The van der Waals surface area contributed by atoms with Gasteiger partial charge in [-0.3, -0.25) is 19.6 Å². The van der Waals surface area contributed by atoms with Gasteiger partial charge < -0.3 is 10.1 Å². The molecule has 35 heavy (non-hydrogen) atoms. The van der Waals surface area contributed by atoms with E-state index in [4.69, 9.17) is 5.11 Å². The monoisotopic (exact) mass is 497 g/mol. The predicted molar refractivity (Wildman–Crippen MR) is 112 cm³/mol. The molecule has 3 N–H and O–H groups in total. The highest BCUT2D eigenvalue weighted by Gasteiger charge is 2.41. The molecule has 3 aromatic rings. The van der Waals surface area contributed by atoms with Crippen molar-refractivity contribution in [3.8, 4) is 5.69 Å². The number of carbonyl (C=O) groups excluding carboxylic acids is 1. The first-order valence-corrected chi connectivity index (χ1v) is 9.91. The van der Waals surface area contributed by atoms with Gasteiger partial charge in [0.15, 0.2) is 5.82 Å². The Hall–Kier alpha value is -4.23. The van der Waals surface area contributed by atoms with E-state index in [1.165, 1.54) is 26.1 Å². The fraction of sp³-hybridized carbons (Fsp3) is 0.238. The topological polar surface area (TPSA) is 120 Å². The highest BCUT2D eigenvalue weighted by atomic mass is 19.4. The van der Waals surface area contributed by atoms with E-state index in [-0.39, 0.29) is 11.1 Å². The molecule has 1 aromatic heterocycles. The van der Waals surface area contributed by atoms with Crippen molar-refractivity contribution in [3.05, 3.63) is 63.6 Å². The average molecular weight is 497 g/mol. The Morgan fingerprint density at radius 2 is 1.89 bits per heavy atom. The lowest BCUT2D eigenvalue weighted by atomic mass is 9.86. The number of benzene rings is 2. The molecule has 1 aliphatic rings. The van der Waals surface area contributed by atoms with Gasteiger partial charge in [0.2, 0.25) is 11.9 Å². The van der Waals surface area contributed by atoms with Crippen molar-refractivity contribution in [2.45, 2.75) is 25.1 Å². The fourth-order valence-electron chi connectivity index (χ4n) is 4.02. The molecular formula is C21H16F5N5O4. The van der Waals surface area contributed by atoms with E-state index in [0.29, 0.717) is 10.6 Å². The Kier molecular flexibility index (Phi) is 5.41. The maximum Gasteiger partial charge on any atom is 0.421 e. The van der Waals surface area contributed by atoms with E-state index >= 15 is 4.39 Å². The molecule has 0 unspecified atom stereocenters. The van der Waals surface area contributed by atoms with E-state index in [1.54, 1.807) is 0 Å². The third kappa shape index (κ3) is 3.90. The van der Waals surface area contributed by atoms with Crippen LogP contribution in [0.5, 0.6) is 0 Å². The number of aromatic nitrogens is 2. The molecule has 0 fully saturated rings. The lowest BCUT2D eigenvalue weighted by molar-refractivity contribution is -0.138. The number of nitrogens with zero attached hydrogens (tertiary/aromatic N) is 3. The number of hydrogen-bond donors (Lipinski definition) is 3. The van der Waals surface area contributed by atoms with Crippen LogP contribution in [-0.2, 0) is 16.5 Å². The van der Waals surface area contributed by atoms with Gasteiger partial charge in [0.1, 0.15) is 11.4 Å². The summed E-state index contributed by atoms with van der Waals surface area (Å²) in [4.78, 5) is 43.4. The second-order valence-electron chi connectivity index (χ2n) is 7.99.